The molecule has 0 unspecified atom stereocenters. The highest BCUT2D eigenvalue weighted by Crippen LogP contribution is 2.27. The van der Waals surface area contributed by atoms with E-state index in [9.17, 15) is 9.90 Å². The van der Waals surface area contributed by atoms with Gasteiger partial charge in [0.25, 0.3) is 0 Å². The van der Waals surface area contributed by atoms with Crippen LogP contribution in [-0.4, -0.2) is 27.6 Å². The normalized spacial score (nSPS) is 10.7. The molecule has 5 heteroatoms. The van der Waals surface area contributed by atoms with Gasteiger partial charge in [-0.1, -0.05) is 60.7 Å². The third-order valence-corrected chi connectivity index (χ3v) is 4.51. The number of aromatic carboxylic acids is 1. The molecule has 0 saturated carbocycles. The third-order valence-electron chi connectivity index (χ3n) is 4.51. The lowest BCUT2D eigenvalue weighted by molar-refractivity contribution is 0.0697. The SMILES string of the molecule is O=C(O)c1ccc2nc(-c3ccccc3)c(NCCc3ccccc3)nc2c1. The first-order valence-electron chi connectivity index (χ1n) is 9.09. The maximum Gasteiger partial charge on any atom is 0.335 e. The molecule has 0 bridgehead atoms. The third kappa shape index (κ3) is 3.83. The van der Waals surface area contributed by atoms with Crippen molar-refractivity contribution in [1.29, 1.82) is 0 Å². The predicted molar refractivity (Wildman–Crippen MR) is 111 cm³/mol. The van der Waals surface area contributed by atoms with Crippen LogP contribution in [0.15, 0.2) is 78.9 Å². The molecule has 1 aromatic heterocycles. The summed E-state index contributed by atoms with van der Waals surface area (Å²) in [7, 11) is 0. The first-order valence-corrected chi connectivity index (χ1v) is 9.09. The van der Waals surface area contributed by atoms with Gasteiger partial charge in [0.2, 0.25) is 0 Å². The van der Waals surface area contributed by atoms with Gasteiger partial charge in [0, 0.05) is 12.1 Å². The van der Waals surface area contributed by atoms with Gasteiger partial charge in [-0.25, -0.2) is 14.8 Å². The van der Waals surface area contributed by atoms with Crippen molar-refractivity contribution in [2.24, 2.45) is 0 Å². The molecule has 0 radical (unpaired) electrons. The van der Waals surface area contributed by atoms with Gasteiger partial charge in [-0.15, -0.1) is 0 Å². The summed E-state index contributed by atoms with van der Waals surface area (Å²) in [6.07, 6.45) is 0.851. The fourth-order valence-corrected chi connectivity index (χ4v) is 3.08. The number of benzene rings is 3. The van der Waals surface area contributed by atoms with Crippen molar-refractivity contribution < 1.29 is 9.90 Å². The van der Waals surface area contributed by atoms with Crippen LogP contribution in [0.2, 0.25) is 0 Å². The van der Waals surface area contributed by atoms with Crippen LogP contribution in [0.5, 0.6) is 0 Å². The standard InChI is InChI=1S/C23H19N3O2/c27-23(28)18-11-12-19-20(15-18)26-22(21(25-19)17-9-5-2-6-10-17)24-14-13-16-7-3-1-4-8-16/h1-12,15H,13-14H2,(H,24,26)(H,27,28). The molecule has 0 spiro atoms. The Kier molecular flexibility index (Phi) is 4.97. The maximum atomic E-state index is 11.3. The number of anilines is 1. The van der Waals surface area contributed by atoms with E-state index in [1.54, 1.807) is 18.2 Å². The molecule has 2 N–H and O–H groups in total. The van der Waals surface area contributed by atoms with Gasteiger partial charge in [0.1, 0.15) is 5.69 Å². The van der Waals surface area contributed by atoms with E-state index in [-0.39, 0.29) is 5.56 Å². The van der Waals surface area contributed by atoms with Crippen molar-refractivity contribution >= 4 is 22.8 Å². The van der Waals surface area contributed by atoms with Crippen molar-refractivity contribution in [3.05, 3.63) is 90.0 Å². The second-order valence-electron chi connectivity index (χ2n) is 6.46. The summed E-state index contributed by atoms with van der Waals surface area (Å²) in [5.41, 5.74) is 4.37. The minimum absolute atomic E-state index is 0.199. The zero-order valence-corrected chi connectivity index (χ0v) is 15.2. The molecule has 0 amide bonds. The lowest BCUT2D eigenvalue weighted by Gasteiger charge is -2.12. The van der Waals surface area contributed by atoms with Gasteiger partial charge < -0.3 is 10.4 Å². The molecule has 0 aliphatic heterocycles. The first-order chi connectivity index (χ1) is 13.7. The average molecular weight is 369 g/mol. The number of carboxylic acid groups (broad SMARTS) is 1. The van der Waals surface area contributed by atoms with Crippen LogP contribution in [-0.2, 0) is 6.42 Å². The molecule has 0 aliphatic carbocycles. The number of hydrogen-bond acceptors (Lipinski definition) is 4. The Morgan fingerprint density at radius 3 is 2.29 bits per heavy atom. The second kappa shape index (κ2) is 7.88. The van der Waals surface area contributed by atoms with Crippen molar-refractivity contribution in [3.63, 3.8) is 0 Å². The second-order valence-corrected chi connectivity index (χ2v) is 6.46. The number of carboxylic acids is 1. The van der Waals surface area contributed by atoms with Crippen molar-refractivity contribution in [1.82, 2.24) is 9.97 Å². The summed E-state index contributed by atoms with van der Waals surface area (Å²) >= 11 is 0. The average Bonchev–Trinajstić information content (AvgIpc) is 2.74. The van der Waals surface area contributed by atoms with Crippen LogP contribution in [0.25, 0.3) is 22.3 Å². The Morgan fingerprint density at radius 1 is 0.857 bits per heavy atom. The number of carbonyl (C=O) groups is 1. The van der Waals surface area contributed by atoms with Crippen LogP contribution in [0.3, 0.4) is 0 Å². The molecular weight excluding hydrogens is 350 g/mol. The van der Waals surface area contributed by atoms with Crippen molar-refractivity contribution in [2.45, 2.75) is 6.42 Å². The van der Waals surface area contributed by atoms with Gasteiger partial charge >= 0.3 is 5.97 Å². The summed E-state index contributed by atoms with van der Waals surface area (Å²) in [4.78, 5) is 20.7. The van der Waals surface area contributed by atoms with E-state index in [1.165, 1.54) is 5.56 Å². The van der Waals surface area contributed by atoms with Gasteiger partial charge in [-0.2, -0.15) is 0 Å². The molecule has 1 heterocycles. The molecule has 28 heavy (non-hydrogen) atoms. The van der Waals surface area contributed by atoms with E-state index in [0.29, 0.717) is 23.4 Å². The minimum atomic E-state index is -0.977. The Morgan fingerprint density at radius 2 is 1.57 bits per heavy atom. The smallest absolute Gasteiger partial charge is 0.335 e. The molecule has 0 atom stereocenters. The first kappa shape index (κ1) is 17.7. The van der Waals surface area contributed by atoms with Crippen LogP contribution >= 0.6 is 0 Å². The number of nitrogens with zero attached hydrogens (tertiary/aromatic N) is 2. The van der Waals surface area contributed by atoms with Crippen LogP contribution in [0.4, 0.5) is 5.82 Å². The summed E-state index contributed by atoms with van der Waals surface area (Å²) in [6.45, 7) is 0.697. The highest BCUT2D eigenvalue weighted by molar-refractivity contribution is 5.93. The van der Waals surface area contributed by atoms with E-state index in [2.05, 4.69) is 22.4 Å². The van der Waals surface area contributed by atoms with E-state index in [0.717, 1.165) is 17.7 Å². The molecule has 0 fully saturated rings. The molecule has 0 aliphatic rings. The predicted octanol–water partition coefficient (Wildman–Crippen LogP) is 4.65. The van der Waals surface area contributed by atoms with Crippen LogP contribution in [0, 0.1) is 0 Å². The molecule has 5 nitrogen and oxygen atoms in total. The fraction of sp³-hybridized carbons (Fsp3) is 0.0870. The number of nitrogens with one attached hydrogen (secondary N) is 1. The summed E-state index contributed by atoms with van der Waals surface area (Å²) < 4.78 is 0. The summed E-state index contributed by atoms with van der Waals surface area (Å²) in [5.74, 6) is -0.327. The highest BCUT2D eigenvalue weighted by atomic mass is 16.4. The molecule has 138 valence electrons. The molecule has 4 aromatic rings. The number of fused-ring (bicyclic) bond motifs is 1. The largest absolute Gasteiger partial charge is 0.478 e. The van der Waals surface area contributed by atoms with Gasteiger partial charge in [-0.3, -0.25) is 0 Å². The zero-order chi connectivity index (χ0) is 19.3. The fourth-order valence-electron chi connectivity index (χ4n) is 3.08. The zero-order valence-electron chi connectivity index (χ0n) is 15.2. The number of rotatable bonds is 6. The summed E-state index contributed by atoms with van der Waals surface area (Å²) in [5, 5.41) is 12.6. The Labute approximate surface area is 162 Å². The Bertz CT molecular complexity index is 1110. The Balaban J connectivity index is 1.71. The van der Waals surface area contributed by atoms with Crippen LogP contribution < -0.4 is 5.32 Å². The van der Waals surface area contributed by atoms with Crippen LogP contribution in [0.1, 0.15) is 15.9 Å². The topological polar surface area (TPSA) is 75.1 Å². The number of hydrogen-bond donors (Lipinski definition) is 2. The van der Waals surface area contributed by atoms with Crippen molar-refractivity contribution in [3.8, 4) is 11.3 Å². The molecule has 3 aromatic carbocycles. The molecule has 0 saturated heterocycles. The van der Waals surface area contributed by atoms with E-state index >= 15 is 0 Å². The van der Waals surface area contributed by atoms with Gasteiger partial charge in [0.15, 0.2) is 5.82 Å². The highest BCUT2D eigenvalue weighted by Gasteiger charge is 2.12. The molecular formula is C23H19N3O2. The van der Waals surface area contributed by atoms with E-state index in [4.69, 9.17) is 4.98 Å². The van der Waals surface area contributed by atoms with Gasteiger partial charge in [-0.05, 0) is 30.2 Å². The quantitative estimate of drug-likeness (QED) is 0.517. The van der Waals surface area contributed by atoms with E-state index in [1.807, 2.05) is 48.5 Å². The number of aromatic nitrogens is 2. The lowest BCUT2D eigenvalue weighted by atomic mass is 10.1. The Hall–Kier alpha value is -3.73. The van der Waals surface area contributed by atoms with E-state index < -0.39 is 5.97 Å². The maximum absolute atomic E-state index is 11.3. The monoisotopic (exact) mass is 369 g/mol. The lowest BCUT2D eigenvalue weighted by Crippen LogP contribution is -2.09. The van der Waals surface area contributed by atoms with Gasteiger partial charge in [0.05, 0.1) is 16.6 Å². The minimum Gasteiger partial charge on any atom is -0.478 e. The summed E-state index contributed by atoms with van der Waals surface area (Å²) in [6, 6.07) is 24.9. The van der Waals surface area contributed by atoms with Crippen molar-refractivity contribution in [2.75, 3.05) is 11.9 Å². The molecule has 4 rings (SSSR count).